The molecule has 8 heteroatoms. The third kappa shape index (κ3) is 4.29. The third-order valence-electron chi connectivity index (χ3n) is 3.29. The van der Waals surface area contributed by atoms with Crippen LogP contribution in [0, 0.1) is 0 Å². The van der Waals surface area contributed by atoms with Crippen molar-refractivity contribution in [2.45, 2.75) is 17.9 Å². The van der Waals surface area contributed by atoms with Crippen molar-refractivity contribution in [3.63, 3.8) is 0 Å². The molecule has 7 nitrogen and oxygen atoms in total. The molecule has 1 aromatic heterocycles. The fraction of sp³-hybridized carbons (Fsp3) is 0.667. The molecule has 1 aliphatic rings. The maximum absolute atomic E-state index is 12.0. The Bertz CT molecular complexity index is 509. The van der Waals surface area contributed by atoms with E-state index in [1.54, 1.807) is 6.07 Å². The first kappa shape index (κ1) is 15.5. The second-order valence-corrected chi connectivity index (χ2v) is 6.54. The largest absolute Gasteiger partial charge is 0.379 e. The molecule has 0 saturated carbocycles. The van der Waals surface area contributed by atoms with Gasteiger partial charge in [-0.05, 0) is 19.0 Å². The van der Waals surface area contributed by atoms with Gasteiger partial charge in [0.1, 0.15) is 0 Å². The number of H-pyrrole nitrogens is 1. The molecule has 4 N–H and O–H groups in total. The molecule has 0 unspecified atom stereocenters. The normalized spacial score (nSPS) is 17.4. The van der Waals surface area contributed by atoms with E-state index in [0.29, 0.717) is 18.8 Å². The van der Waals surface area contributed by atoms with Crippen LogP contribution in [0.1, 0.15) is 12.1 Å². The van der Waals surface area contributed by atoms with Crippen LogP contribution >= 0.6 is 0 Å². The summed E-state index contributed by atoms with van der Waals surface area (Å²) in [5.74, 6) is 0. The van der Waals surface area contributed by atoms with E-state index >= 15 is 0 Å². The van der Waals surface area contributed by atoms with Crippen molar-refractivity contribution >= 4 is 10.0 Å². The predicted octanol–water partition coefficient (Wildman–Crippen LogP) is -0.526. The van der Waals surface area contributed by atoms with Gasteiger partial charge in [-0.1, -0.05) is 0 Å². The number of ether oxygens (including phenoxy) is 1. The van der Waals surface area contributed by atoms with E-state index in [0.717, 1.165) is 39.3 Å². The molecule has 20 heavy (non-hydrogen) atoms. The summed E-state index contributed by atoms with van der Waals surface area (Å²) in [6.45, 7) is 4.98. The molecule has 1 fully saturated rings. The first-order chi connectivity index (χ1) is 9.62. The van der Waals surface area contributed by atoms with Crippen LogP contribution in [-0.2, 0) is 21.3 Å². The van der Waals surface area contributed by atoms with Crippen LogP contribution in [0.15, 0.2) is 17.2 Å². The second kappa shape index (κ2) is 7.19. The van der Waals surface area contributed by atoms with Gasteiger partial charge in [0.25, 0.3) is 0 Å². The molecule has 0 spiro atoms. The minimum absolute atomic E-state index is 0.240. The zero-order chi connectivity index (χ0) is 14.4. The van der Waals surface area contributed by atoms with Crippen molar-refractivity contribution in [2.75, 3.05) is 39.4 Å². The zero-order valence-corrected chi connectivity index (χ0v) is 12.3. The molecule has 0 atom stereocenters. The van der Waals surface area contributed by atoms with Crippen LogP contribution in [0.4, 0.5) is 0 Å². The topological polar surface area (TPSA) is 100 Å². The Morgan fingerprint density at radius 1 is 1.40 bits per heavy atom. The Morgan fingerprint density at radius 3 is 2.80 bits per heavy atom. The maximum atomic E-state index is 12.0. The van der Waals surface area contributed by atoms with Crippen molar-refractivity contribution in [1.82, 2.24) is 14.6 Å². The van der Waals surface area contributed by atoms with Gasteiger partial charge < -0.3 is 15.5 Å². The number of aromatic amines is 1. The molecule has 0 radical (unpaired) electrons. The lowest BCUT2D eigenvalue weighted by molar-refractivity contribution is 0.0376. The van der Waals surface area contributed by atoms with Crippen molar-refractivity contribution in [3.8, 4) is 0 Å². The van der Waals surface area contributed by atoms with Gasteiger partial charge in [0.05, 0.1) is 18.1 Å². The number of nitrogens with one attached hydrogen (secondary N) is 2. The third-order valence-corrected chi connectivity index (χ3v) is 4.73. The zero-order valence-electron chi connectivity index (χ0n) is 11.5. The quantitative estimate of drug-likeness (QED) is 0.588. The summed E-state index contributed by atoms with van der Waals surface area (Å²) in [5, 5.41) is 0. The highest BCUT2D eigenvalue weighted by molar-refractivity contribution is 7.89. The van der Waals surface area contributed by atoms with Crippen LogP contribution in [0.3, 0.4) is 0 Å². The second-order valence-electron chi connectivity index (χ2n) is 4.77. The highest BCUT2D eigenvalue weighted by Gasteiger charge is 2.15. The Balaban J connectivity index is 1.74. The predicted molar refractivity (Wildman–Crippen MR) is 75.7 cm³/mol. The standard InChI is InChI=1S/C12H22N4O3S/c13-9-11-8-12(10-14-11)20(17,18)15-2-1-3-16-4-6-19-7-5-16/h8,10,14-15H,1-7,9,13H2. The van der Waals surface area contributed by atoms with E-state index in [4.69, 9.17) is 10.5 Å². The molecule has 2 heterocycles. The highest BCUT2D eigenvalue weighted by Crippen LogP contribution is 2.10. The van der Waals surface area contributed by atoms with E-state index in [1.807, 2.05) is 0 Å². The first-order valence-corrected chi connectivity index (χ1v) is 8.27. The molecule has 1 aromatic rings. The van der Waals surface area contributed by atoms with Gasteiger partial charge in [-0.2, -0.15) is 0 Å². The summed E-state index contributed by atoms with van der Waals surface area (Å²) in [7, 11) is -3.43. The average Bonchev–Trinajstić information content (AvgIpc) is 2.95. The lowest BCUT2D eigenvalue weighted by atomic mass is 10.3. The number of rotatable bonds is 7. The molecule has 1 aliphatic heterocycles. The van der Waals surface area contributed by atoms with E-state index in [2.05, 4.69) is 14.6 Å². The number of aromatic nitrogens is 1. The van der Waals surface area contributed by atoms with Gasteiger partial charge in [-0.3, -0.25) is 4.90 Å². The van der Waals surface area contributed by atoms with Gasteiger partial charge in [-0.15, -0.1) is 0 Å². The molecular formula is C12H22N4O3S. The lowest BCUT2D eigenvalue weighted by Gasteiger charge is -2.26. The lowest BCUT2D eigenvalue weighted by Crippen LogP contribution is -2.38. The van der Waals surface area contributed by atoms with Crippen molar-refractivity contribution in [2.24, 2.45) is 5.73 Å². The smallest absolute Gasteiger partial charge is 0.242 e. The number of hydrogen-bond donors (Lipinski definition) is 3. The minimum atomic E-state index is -3.43. The fourth-order valence-corrected chi connectivity index (χ4v) is 3.20. The average molecular weight is 302 g/mol. The van der Waals surface area contributed by atoms with E-state index < -0.39 is 10.0 Å². The summed E-state index contributed by atoms with van der Waals surface area (Å²) in [6.07, 6.45) is 2.25. The van der Waals surface area contributed by atoms with E-state index in [9.17, 15) is 8.42 Å². The number of hydrogen-bond acceptors (Lipinski definition) is 5. The van der Waals surface area contributed by atoms with Gasteiger partial charge >= 0.3 is 0 Å². The fourth-order valence-electron chi connectivity index (χ4n) is 2.11. The molecule has 1 saturated heterocycles. The van der Waals surface area contributed by atoms with Crippen LogP contribution in [-0.4, -0.2) is 57.7 Å². The molecular weight excluding hydrogens is 280 g/mol. The highest BCUT2D eigenvalue weighted by atomic mass is 32.2. The summed E-state index contributed by atoms with van der Waals surface area (Å²) >= 11 is 0. The van der Waals surface area contributed by atoms with Crippen molar-refractivity contribution < 1.29 is 13.2 Å². The number of nitrogens with two attached hydrogens (primary N) is 1. The number of morpholine rings is 1. The van der Waals surface area contributed by atoms with Gasteiger partial charge in [-0.25, -0.2) is 13.1 Å². The number of sulfonamides is 1. The Morgan fingerprint density at radius 2 is 2.15 bits per heavy atom. The van der Waals surface area contributed by atoms with E-state index in [1.165, 1.54) is 6.20 Å². The Kier molecular flexibility index (Phi) is 5.55. The van der Waals surface area contributed by atoms with Gasteiger partial charge in [0.2, 0.25) is 10.0 Å². The van der Waals surface area contributed by atoms with Crippen LogP contribution in [0.25, 0.3) is 0 Å². The minimum Gasteiger partial charge on any atom is -0.379 e. The summed E-state index contributed by atoms with van der Waals surface area (Å²) in [4.78, 5) is 5.36. The monoisotopic (exact) mass is 302 g/mol. The molecule has 0 aliphatic carbocycles. The summed E-state index contributed by atoms with van der Waals surface area (Å²) < 4.78 is 31.9. The van der Waals surface area contributed by atoms with E-state index in [-0.39, 0.29) is 4.90 Å². The van der Waals surface area contributed by atoms with Crippen LogP contribution in [0.2, 0.25) is 0 Å². The SMILES string of the molecule is NCc1cc(S(=O)(=O)NCCCN2CCOCC2)c[nH]1. The maximum Gasteiger partial charge on any atom is 0.242 e. The van der Waals surface area contributed by atoms with Crippen LogP contribution < -0.4 is 10.5 Å². The Labute approximate surface area is 119 Å². The van der Waals surface area contributed by atoms with Gasteiger partial charge in [0, 0.05) is 38.1 Å². The van der Waals surface area contributed by atoms with Crippen molar-refractivity contribution in [1.29, 1.82) is 0 Å². The van der Waals surface area contributed by atoms with Crippen LogP contribution in [0.5, 0.6) is 0 Å². The summed E-state index contributed by atoms with van der Waals surface area (Å²) in [5.41, 5.74) is 6.16. The molecule has 0 bridgehead atoms. The molecule has 114 valence electrons. The molecule has 2 rings (SSSR count). The Hall–Kier alpha value is -0.930. The summed E-state index contributed by atoms with van der Waals surface area (Å²) in [6, 6.07) is 1.56. The molecule has 0 aromatic carbocycles. The number of nitrogens with zero attached hydrogens (tertiary/aromatic N) is 1. The van der Waals surface area contributed by atoms with Gasteiger partial charge in [0.15, 0.2) is 0 Å². The molecule has 0 amide bonds. The van der Waals surface area contributed by atoms with Crippen molar-refractivity contribution in [3.05, 3.63) is 18.0 Å². The first-order valence-electron chi connectivity index (χ1n) is 6.79.